The van der Waals surface area contributed by atoms with Crippen molar-refractivity contribution in [3.05, 3.63) is 59.3 Å². The number of anilines is 1. The molecule has 0 aliphatic carbocycles. The minimum Gasteiger partial charge on any atom is -0.353 e. The molecule has 1 aromatic heterocycles. The van der Waals surface area contributed by atoms with Crippen LogP contribution in [0.4, 0.5) is 14.6 Å². The lowest BCUT2D eigenvalue weighted by atomic mass is 10.1. The van der Waals surface area contributed by atoms with Crippen molar-refractivity contribution < 1.29 is 8.78 Å². The third-order valence-corrected chi connectivity index (χ3v) is 3.25. The van der Waals surface area contributed by atoms with Gasteiger partial charge in [-0.1, -0.05) is 6.07 Å². The van der Waals surface area contributed by atoms with Crippen LogP contribution < -0.4 is 4.90 Å². The number of rotatable bonds is 3. The van der Waals surface area contributed by atoms with Crippen LogP contribution in [0.25, 0.3) is 0 Å². The van der Waals surface area contributed by atoms with Crippen LogP contribution in [-0.2, 0) is 0 Å². The zero-order valence-corrected chi connectivity index (χ0v) is 11.1. The van der Waals surface area contributed by atoms with Crippen LogP contribution in [0.15, 0.2) is 36.5 Å². The SMILES string of the molecule is CC(c1ccc(F)c(F)c1)N(C)c1ccc(C#N)cn1. The topological polar surface area (TPSA) is 39.9 Å². The van der Waals surface area contributed by atoms with Crippen molar-refractivity contribution in [3.8, 4) is 6.07 Å². The summed E-state index contributed by atoms with van der Waals surface area (Å²) in [5, 5.41) is 8.73. The minimum atomic E-state index is -0.865. The van der Waals surface area contributed by atoms with Crippen molar-refractivity contribution in [2.24, 2.45) is 0 Å². The fourth-order valence-corrected chi connectivity index (χ4v) is 1.86. The zero-order chi connectivity index (χ0) is 14.7. The van der Waals surface area contributed by atoms with Gasteiger partial charge in [-0.15, -0.1) is 0 Å². The third kappa shape index (κ3) is 2.75. The van der Waals surface area contributed by atoms with Crippen molar-refractivity contribution in [1.29, 1.82) is 5.26 Å². The average Bonchev–Trinajstić information content (AvgIpc) is 2.48. The molecule has 0 spiro atoms. The van der Waals surface area contributed by atoms with E-state index in [1.807, 2.05) is 17.9 Å². The van der Waals surface area contributed by atoms with Crippen molar-refractivity contribution >= 4 is 5.82 Å². The Kier molecular flexibility index (Phi) is 3.94. The van der Waals surface area contributed by atoms with E-state index in [0.29, 0.717) is 16.9 Å². The number of nitrogens with zero attached hydrogens (tertiary/aromatic N) is 3. The number of benzene rings is 1. The molecule has 0 fully saturated rings. The maximum absolute atomic E-state index is 13.3. The summed E-state index contributed by atoms with van der Waals surface area (Å²) in [6.45, 7) is 1.87. The molecule has 0 saturated carbocycles. The van der Waals surface area contributed by atoms with Gasteiger partial charge in [-0.25, -0.2) is 13.8 Å². The molecule has 1 atom stereocenters. The van der Waals surface area contributed by atoms with Gasteiger partial charge in [0, 0.05) is 13.2 Å². The number of aromatic nitrogens is 1. The molecule has 1 aromatic carbocycles. The number of halogens is 2. The first-order valence-corrected chi connectivity index (χ1v) is 6.07. The molecular weight excluding hydrogens is 260 g/mol. The van der Waals surface area contributed by atoms with Crippen LogP contribution in [0.1, 0.15) is 24.1 Å². The van der Waals surface area contributed by atoms with Gasteiger partial charge in [0.2, 0.25) is 0 Å². The second-order valence-corrected chi connectivity index (χ2v) is 4.48. The van der Waals surface area contributed by atoms with Crippen LogP contribution >= 0.6 is 0 Å². The molecule has 0 bridgehead atoms. The normalized spacial score (nSPS) is 11.8. The van der Waals surface area contributed by atoms with Gasteiger partial charge in [-0.05, 0) is 36.8 Å². The number of nitriles is 1. The molecule has 5 heteroatoms. The molecule has 0 amide bonds. The molecule has 3 nitrogen and oxygen atoms in total. The van der Waals surface area contributed by atoms with Gasteiger partial charge in [0.15, 0.2) is 11.6 Å². The van der Waals surface area contributed by atoms with Crippen molar-refractivity contribution in [2.75, 3.05) is 11.9 Å². The van der Waals surface area contributed by atoms with Crippen LogP contribution in [0, 0.1) is 23.0 Å². The molecule has 1 heterocycles. The van der Waals surface area contributed by atoms with Gasteiger partial charge < -0.3 is 4.90 Å². The van der Waals surface area contributed by atoms with E-state index in [9.17, 15) is 8.78 Å². The standard InChI is InChI=1S/C15H13F2N3/c1-10(12-4-5-13(16)14(17)7-12)20(2)15-6-3-11(8-18)9-19-15/h3-7,9-10H,1-2H3. The van der Waals surface area contributed by atoms with Gasteiger partial charge in [0.05, 0.1) is 11.6 Å². The third-order valence-electron chi connectivity index (χ3n) is 3.25. The molecule has 2 rings (SSSR count). The van der Waals surface area contributed by atoms with Crippen molar-refractivity contribution in [1.82, 2.24) is 4.98 Å². The first kappa shape index (κ1) is 13.9. The molecular formula is C15H13F2N3. The highest BCUT2D eigenvalue weighted by Crippen LogP contribution is 2.24. The molecule has 0 N–H and O–H groups in total. The Morgan fingerprint density at radius 3 is 2.50 bits per heavy atom. The smallest absolute Gasteiger partial charge is 0.159 e. The molecule has 20 heavy (non-hydrogen) atoms. The lowest BCUT2D eigenvalue weighted by Gasteiger charge is -2.26. The van der Waals surface area contributed by atoms with E-state index in [4.69, 9.17) is 5.26 Å². The summed E-state index contributed by atoms with van der Waals surface area (Å²) < 4.78 is 26.2. The van der Waals surface area contributed by atoms with Gasteiger partial charge in [0.25, 0.3) is 0 Å². The molecule has 0 saturated heterocycles. The lowest BCUT2D eigenvalue weighted by molar-refractivity contribution is 0.505. The largest absolute Gasteiger partial charge is 0.353 e. The summed E-state index contributed by atoms with van der Waals surface area (Å²) in [7, 11) is 1.81. The van der Waals surface area contributed by atoms with Gasteiger partial charge in [-0.2, -0.15) is 5.26 Å². The van der Waals surface area contributed by atoms with E-state index in [0.717, 1.165) is 6.07 Å². The Morgan fingerprint density at radius 2 is 1.95 bits per heavy atom. The highest BCUT2D eigenvalue weighted by molar-refractivity contribution is 5.43. The summed E-state index contributed by atoms with van der Waals surface area (Å²) in [6, 6.07) is 9.04. The van der Waals surface area contributed by atoms with E-state index in [-0.39, 0.29) is 6.04 Å². The maximum atomic E-state index is 13.3. The second kappa shape index (κ2) is 5.66. The lowest BCUT2D eigenvalue weighted by Crippen LogP contribution is -2.22. The van der Waals surface area contributed by atoms with Gasteiger partial charge in [-0.3, -0.25) is 0 Å². The van der Waals surface area contributed by atoms with Crippen LogP contribution in [0.2, 0.25) is 0 Å². The van der Waals surface area contributed by atoms with Crippen LogP contribution in [0.5, 0.6) is 0 Å². The van der Waals surface area contributed by atoms with E-state index in [2.05, 4.69) is 4.98 Å². The molecule has 0 radical (unpaired) electrons. The maximum Gasteiger partial charge on any atom is 0.159 e. The predicted molar refractivity (Wildman–Crippen MR) is 72.1 cm³/mol. The average molecular weight is 273 g/mol. The van der Waals surface area contributed by atoms with E-state index in [1.165, 1.54) is 12.3 Å². The van der Waals surface area contributed by atoms with Crippen LogP contribution in [0.3, 0.4) is 0 Å². The quantitative estimate of drug-likeness (QED) is 0.860. The van der Waals surface area contributed by atoms with E-state index in [1.54, 1.807) is 25.2 Å². The molecule has 102 valence electrons. The fraction of sp³-hybridized carbons (Fsp3) is 0.200. The number of pyridine rings is 1. The minimum absolute atomic E-state index is 0.175. The molecule has 0 aliphatic heterocycles. The molecule has 2 aromatic rings. The van der Waals surface area contributed by atoms with Crippen LogP contribution in [-0.4, -0.2) is 12.0 Å². The summed E-state index contributed by atoms with van der Waals surface area (Å²) in [4.78, 5) is 6.00. The number of hydrogen-bond donors (Lipinski definition) is 0. The first-order chi connectivity index (χ1) is 9.52. The highest BCUT2D eigenvalue weighted by Gasteiger charge is 2.15. The van der Waals surface area contributed by atoms with Crippen molar-refractivity contribution in [3.63, 3.8) is 0 Å². The highest BCUT2D eigenvalue weighted by atomic mass is 19.2. The summed E-state index contributed by atoms with van der Waals surface area (Å²) in [6.07, 6.45) is 1.48. The summed E-state index contributed by atoms with van der Waals surface area (Å²) in [5.41, 5.74) is 1.13. The monoisotopic (exact) mass is 273 g/mol. The van der Waals surface area contributed by atoms with Gasteiger partial charge in [0.1, 0.15) is 11.9 Å². The first-order valence-electron chi connectivity index (χ1n) is 6.07. The van der Waals surface area contributed by atoms with Gasteiger partial charge >= 0.3 is 0 Å². The summed E-state index contributed by atoms with van der Waals surface area (Å²) in [5.74, 6) is -1.07. The fourth-order valence-electron chi connectivity index (χ4n) is 1.86. The number of hydrogen-bond acceptors (Lipinski definition) is 3. The Hall–Kier alpha value is -2.48. The Morgan fingerprint density at radius 1 is 1.20 bits per heavy atom. The second-order valence-electron chi connectivity index (χ2n) is 4.48. The Balaban J connectivity index is 2.24. The molecule has 0 aliphatic rings. The zero-order valence-electron chi connectivity index (χ0n) is 11.1. The molecule has 1 unspecified atom stereocenters. The predicted octanol–water partition coefficient (Wildman–Crippen LogP) is 3.43. The van der Waals surface area contributed by atoms with E-state index < -0.39 is 11.6 Å². The Labute approximate surface area is 116 Å². The summed E-state index contributed by atoms with van der Waals surface area (Å²) >= 11 is 0. The van der Waals surface area contributed by atoms with Crippen molar-refractivity contribution in [2.45, 2.75) is 13.0 Å². The Bertz CT molecular complexity index is 647. The van der Waals surface area contributed by atoms with E-state index >= 15 is 0 Å².